The van der Waals surface area contributed by atoms with E-state index in [1.807, 2.05) is 0 Å². The Labute approximate surface area is 199 Å². The molecule has 0 aromatic rings. The molecule has 36 heavy (non-hydrogen) atoms. The van der Waals surface area contributed by atoms with E-state index < -0.39 is 71.3 Å². The number of carbonyl (C=O) groups is 10. The van der Waals surface area contributed by atoms with Gasteiger partial charge >= 0.3 is 11.9 Å². The zero-order chi connectivity index (χ0) is 26.3. The lowest BCUT2D eigenvalue weighted by Gasteiger charge is -2.34. The van der Waals surface area contributed by atoms with Crippen molar-refractivity contribution in [2.75, 3.05) is 0 Å². The van der Waals surface area contributed by atoms with Crippen molar-refractivity contribution in [3.05, 3.63) is 24.3 Å². The first-order chi connectivity index (χ1) is 17.0. The number of carbonyl (C=O) groups excluding carboxylic acids is 10. The molecule has 0 saturated carbocycles. The summed E-state index contributed by atoms with van der Waals surface area (Å²) in [6.45, 7) is 0. The third-order valence-corrected chi connectivity index (χ3v) is 5.40. The van der Waals surface area contributed by atoms with Crippen LogP contribution in [-0.2, 0) is 57.6 Å². The lowest BCUT2D eigenvalue weighted by molar-refractivity contribution is -0.210. The molecule has 16 nitrogen and oxygen atoms in total. The molecule has 4 rings (SSSR count). The van der Waals surface area contributed by atoms with Crippen molar-refractivity contribution >= 4 is 59.2 Å². The van der Waals surface area contributed by atoms with Crippen LogP contribution in [0.1, 0.15) is 25.7 Å². The smallest absolute Gasteiger partial charge is 0.328 e. The van der Waals surface area contributed by atoms with E-state index in [4.69, 9.17) is 9.68 Å². The quantitative estimate of drug-likeness (QED) is 0.316. The minimum Gasteiger partial charge on any atom is -0.328 e. The van der Waals surface area contributed by atoms with Crippen LogP contribution in [0, 0.1) is 0 Å². The van der Waals surface area contributed by atoms with Gasteiger partial charge in [-0.3, -0.25) is 48.2 Å². The van der Waals surface area contributed by atoms with Gasteiger partial charge in [-0.1, -0.05) is 0 Å². The number of hydroxylamine groups is 4. The molecule has 2 fully saturated rings. The van der Waals surface area contributed by atoms with Gasteiger partial charge in [-0.05, 0) is 0 Å². The Morgan fingerprint density at radius 2 is 0.778 bits per heavy atom. The fraction of sp³-hybridized carbons (Fsp3) is 0.300. The van der Waals surface area contributed by atoms with Crippen LogP contribution >= 0.6 is 0 Å². The van der Waals surface area contributed by atoms with E-state index in [0.29, 0.717) is 24.3 Å². The highest BCUT2D eigenvalue weighted by atomic mass is 16.7. The molecule has 2 saturated heterocycles. The van der Waals surface area contributed by atoms with Gasteiger partial charge in [-0.2, -0.15) is 0 Å². The predicted molar refractivity (Wildman–Crippen MR) is 104 cm³/mol. The number of rotatable bonds is 7. The molecule has 0 radical (unpaired) electrons. The topological polar surface area (TPSA) is 202 Å². The molecule has 186 valence electrons. The van der Waals surface area contributed by atoms with Gasteiger partial charge in [0.25, 0.3) is 47.3 Å². The highest BCUT2D eigenvalue weighted by molar-refractivity contribution is 6.18. The molecule has 4 heterocycles. The molecular formula is C20H14N4O12. The summed E-state index contributed by atoms with van der Waals surface area (Å²) in [5.74, 6) is -12.0. The standard InChI is InChI=1S/C20H14N4O12/c25-9-1-2-10(26)21(9)17(19(33)35-23-13(29)5-6-14(23)30)18(22-11(27)3-4-12(22)28)20(34)36-24-15(31)7-8-16(24)32/h1-4,17-18H,5-8H2. The van der Waals surface area contributed by atoms with E-state index in [2.05, 4.69) is 0 Å². The largest absolute Gasteiger partial charge is 0.358 e. The molecule has 2 unspecified atom stereocenters. The fourth-order valence-electron chi connectivity index (χ4n) is 3.73. The van der Waals surface area contributed by atoms with E-state index in [9.17, 15) is 47.9 Å². The van der Waals surface area contributed by atoms with Crippen LogP contribution in [-0.4, -0.2) is 91.2 Å². The maximum Gasteiger partial charge on any atom is 0.358 e. The molecule has 4 aliphatic rings. The first kappa shape index (κ1) is 24.1. The van der Waals surface area contributed by atoms with Crippen LogP contribution in [0.5, 0.6) is 0 Å². The van der Waals surface area contributed by atoms with Gasteiger partial charge in [0.2, 0.25) is 0 Å². The van der Waals surface area contributed by atoms with Crippen molar-refractivity contribution in [3.63, 3.8) is 0 Å². The van der Waals surface area contributed by atoms with Crippen LogP contribution in [0.15, 0.2) is 24.3 Å². The predicted octanol–water partition coefficient (Wildman–Crippen LogP) is -3.21. The third-order valence-electron chi connectivity index (χ3n) is 5.40. The summed E-state index contributed by atoms with van der Waals surface area (Å²) in [4.78, 5) is 134. The third kappa shape index (κ3) is 4.04. The van der Waals surface area contributed by atoms with Gasteiger partial charge in [-0.15, -0.1) is 10.1 Å². The molecule has 0 bridgehead atoms. The number of imide groups is 4. The summed E-state index contributed by atoms with van der Waals surface area (Å²) in [7, 11) is 0. The number of hydrogen-bond donors (Lipinski definition) is 0. The fourth-order valence-corrected chi connectivity index (χ4v) is 3.73. The van der Waals surface area contributed by atoms with Gasteiger partial charge in [0.15, 0.2) is 12.1 Å². The summed E-state index contributed by atoms with van der Waals surface area (Å²) in [5.41, 5.74) is 0. The number of amides is 8. The molecule has 8 amide bonds. The monoisotopic (exact) mass is 502 g/mol. The Morgan fingerprint density at radius 3 is 1.03 bits per heavy atom. The SMILES string of the molecule is O=C(ON1C(=O)CCC1=O)C(C(C(=O)ON1C(=O)CCC1=O)N1C(=O)C=CC1=O)N1C(=O)C=CC1=O. The first-order valence-corrected chi connectivity index (χ1v) is 10.3. The van der Waals surface area contributed by atoms with Gasteiger partial charge in [0.1, 0.15) is 0 Å². The zero-order valence-electron chi connectivity index (χ0n) is 18.0. The minimum absolute atomic E-state index is 0.0512. The van der Waals surface area contributed by atoms with Crippen LogP contribution in [0.3, 0.4) is 0 Å². The second-order valence-electron chi connectivity index (χ2n) is 7.63. The first-order valence-electron chi connectivity index (χ1n) is 10.3. The number of nitrogens with zero attached hydrogens (tertiary/aromatic N) is 4. The van der Waals surface area contributed by atoms with Crippen molar-refractivity contribution in [1.29, 1.82) is 0 Å². The maximum atomic E-state index is 13.2. The molecule has 4 aliphatic heterocycles. The van der Waals surface area contributed by atoms with E-state index in [1.54, 1.807) is 0 Å². The normalized spacial score (nSPS) is 21.4. The number of hydrogen-bond acceptors (Lipinski definition) is 12. The second kappa shape index (κ2) is 8.97. The Hall–Kier alpha value is -5.02. The highest BCUT2D eigenvalue weighted by Crippen LogP contribution is 2.25. The molecule has 0 spiro atoms. The summed E-state index contributed by atoms with van der Waals surface area (Å²) < 4.78 is 0. The average molecular weight is 502 g/mol. The Balaban J connectivity index is 1.76. The maximum absolute atomic E-state index is 13.2. The van der Waals surface area contributed by atoms with Crippen molar-refractivity contribution < 1.29 is 57.6 Å². The Morgan fingerprint density at radius 1 is 0.528 bits per heavy atom. The molecule has 2 atom stereocenters. The molecule has 0 N–H and O–H groups in total. The minimum atomic E-state index is -2.48. The lowest BCUT2D eigenvalue weighted by Crippen LogP contribution is -2.63. The average Bonchev–Trinajstić information content (AvgIpc) is 3.53. The van der Waals surface area contributed by atoms with Gasteiger partial charge < -0.3 is 9.68 Å². The van der Waals surface area contributed by atoms with Crippen molar-refractivity contribution in [2.24, 2.45) is 0 Å². The molecule has 0 aromatic heterocycles. The Bertz CT molecular complexity index is 1070. The molecular weight excluding hydrogens is 488 g/mol. The van der Waals surface area contributed by atoms with Crippen LogP contribution in [0.4, 0.5) is 0 Å². The lowest BCUT2D eigenvalue weighted by atomic mass is 10.0. The highest BCUT2D eigenvalue weighted by Gasteiger charge is 2.54. The van der Waals surface area contributed by atoms with Crippen molar-refractivity contribution in [2.45, 2.75) is 37.8 Å². The second-order valence-corrected chi connectivity index (χ2v) is 7.63. The molecule has 0 aromatic carbocycles. The van der Waals surface area contributed by atoms with Crippen LogP contribution < -0.4 is 0 Å². The van der Waals surface area contributed by atoms with Gasteiger partial charge in [0.05, 0.1) is 0 Å². The van der Waals surface area contributed by atoms with E-state index in [1.165, 1.54) is 0 Å². The van der Waals surface area contributed by atoms with E-state index in [0.717, 1.165) is 0 Å². The van der Waals surface area contributed by atoms with Crippen LogP contribution in [0.25, 0.3) is 0 Å². The van der Waals surface area contributed by atoms with Crippen LogP contribution in [0.2, 0.25) is 0 Å². The van der Waals surface area contributed by atoms with Gasteiger partial charge in [0, 0.05) is 50.0 Å². The van der Waals surface area contributed by atoms with E-state index in [-0.39, 0.29) is 45.6 Å². The molecule has 16 heteroatoms. The van der Waals surface area contributed by atoms with Crippen molar-refractivity contribution in [3.8, 4) is 0 Å². The Kier molecular flexibility index (Phi) is 6.01. The van der Waals surface area contributed by atoms with Gasteiger partial charge in [-0.25, -0.2) is 9.59 Å². The summed E-state index contributed by atoms with van der Waals surface area (Å²) in [5, 5.41) is 0.102. The zero-order valence-corrected chi connectivity index (χ0v) is 18.0. The van der Waals surface area contributed by atoms with Crippen molar-refractivity contribution in [1.82, 2.24) is 19.9 Å². The summed E-state index contributed by atoms with van der Waals surface area (Å²) >= 11 is 0. The summed E-state index contributed by atoms with van der Waals surface area (Å²) in [6.07, 6.45) is 1.53. The summed E-state index contributed by atoms with van der Waals surface area (Å²) in [6, 6.07) is -4.95. The molecule has 0 aliphatic carbocycles. The van der Waals surface area contributed by atoms with E-state index >= 15 is 0 Å².